The molecule has 0 aliphatic carbocycles. The zero-order valence-corrected chi connectivity index (χ0v) is 48.4. The second kappa shape index (κ2) is 37.3. The summed E-state index contributed by atoms with van der Waals surface area (Å²) in [5.74, 6) is -1.47. The van der Waals surface area contributed by atoms with Gasteiger partial charge in [0.15, 0.2) is 12.4 Å². The Morgan fingerprint density at radius 1 is 0.627 bits per heavy atom. The number of phosphoric acid groups is 1. The van der Waals surface area contributed by atoms with E-state index in [-0.39, 0.29) is 17.9 Å². The molecule has 6 atom stereocenters. The summed E-state index contributed by atoms with van der Waals surface area (Å²) in [5, 5.41) is 13.9. The largest absolute Gasteiger partial charge is 0.588 e. The first-order valence-corrected chi connectivity index (χ1v) is 29.9. The molecule has 0 unspecified atom stereocenters. The zero-order chi connectivity index (χ0) is 55.0. The highest BCUT2D eigenvalue weighted by Crippen LogP contribution is 2.52. The maximum atomic E-state index is 15.0. The summed E-state index contributed by atoms with van der Waals surface area (Å²) >= 11 is 34.8. The molecule has 1 aliphatic heterocycles. The smallest absolute Gasteiger partial charge is 0.462 e. The van der Waals surface area contributed by atoms with Gasteiger partial charge in [0.2, 0.25) is 7.59 Å². The molecule has 1 saturated heterocycles. The SMILES string of the molecule is CCCCCCCCCCCCCC(=O)O[C@H](CCCCCCCCCCC)CC(=O)O[C@@H]1[C@H](NC(=O)OCC(Cl)(Cl)Cl)[C@@H](O)O[C@H](COC(=O)OCC(Cl)(Cl)Cl)[C@H]1OP(=O)(Oc1ccccc1)Oc1ccccc1. The van der Waals surface area contributed by atoms with E-state index in [0.717, 1.165) is 64.2 Å². The number of amides is 1. The van der Waals surface area contributed by atoms with Crippen molar-refractivity contribution in [3.8, 4) is 11.5 Å². The van der Waals surface area contributed by atoms with Gasteiger partial charge in [-0.25, -0.2) is 14.2 Å². The number of esters is 2. The zero-order valence-electron chi connectivity index (χ0n) is 43.0. The van der Waals surface area contributed by atoms with Crippen LogP contribution in [0.1, 0.15) is 162 Å². The molecular weight excluding hydrogens is 1120 g/mol. The monoisotopic (exact) mass is 1200 g/mol. The number of carbonyl (C=O) groups is 4. The quantitative estimate of drug-likeness (QED) is 0.0213. The molecule has 0 spiro atoms. The number of hydrogen-bond acceptors (Lipinski definition) is 15. The number of nitrogens with one attached hydrogen (secondary N) is 1. The fraction of sp³-hybridized carbons (Fsp3) is 0.692. The number of hydrogen-bond donors (Lipinski definition) is 2. The van der Waals surface area contributed by atoms with Gasteiger partial charge in [-0.05, 0) is 43.5 Å². The molecule has 0 bridgehead atoms. The third-order valence-electron chi connectivity index (χ3n) is 11.8. The topological polar surface area (TPSA) is 201 Å². The fourth-order valence-corrected chi connectivity index (χ4v) is 9.78. The first-order valence-electron chi connectivity index (χ1n) is 26.2. The van der Waals surface area contributed by atoms with E-state index >= 15 is 4.57 Å². The summed E-state index contributed by atoms with van der Waals surface area (Å²) in [6, 6.07) is 13.7. The molecular formula is C52H76Cl6NO15P. The highest BCUT2D eigenvalue weighted by atomic mass is 35.6. The van der Waals surface area contributed by atoms with Crippen molar-refractivity contribution in [1.82, 2.24) is 5.32 Å². The number of unbranched alkanes of at least 4 members (excludes halogenated alkanes) is 18. The number of carbonyl (C=O) groups excluding carboxylic acids is 4. The van der Waals surface area contributed by atoms with Gasteiger partial charge in [0.25, 0.3) is 0 Å². The van der Waals surface area contributed by atoms with Gasteiger partial charge >= 0.3 is 32.0 Å². The molecule has 16 nitrogen and oxygen atoms in total. The van der Waals surface area contributed by atoms with Crippen molar-refractivity contribution in [3.63, 3.8) is 0 Å². The molecule has 1 heterocycles. The first kappa shape index (κ1) is 66.6. The number of alkyl halides is 6. The highest BCUT2D eigenvalue weighted by molar-refractivity contribution is 7.49. The minimum atomic E-state index is -5.00. The van der Waals surface area contributed by atoms with Crippen molar-refractivity contribution in [2.75, 3.05) is 19.8 Å². The molecule has 0 radical (unpaired) electrons. The number of rotatable bonds is 37. The lowest BCUT2D eigenvalue weighted by Gasteiger charge is -2.44. The molecule has 1 fully saturated rings. The van der Waals surface area contributed by atoms with Crippen LogP contribution >= 0.6 is 77.4 Å². The van der Waals surface area contributed by atoms with E-state index in [1.807, 2.05) is 0 Å². The van der Waals surface area contributed by atoms with Crippen LogP contribution in [-0.4, -0.2) is 93.4 Å². The van der Waals surface area contributed by atoms with E-state index in [1.54, 1.807) is 36.4 Å². The molecule has 1 aliphatic rings. The number of aliphatic hydroxyl groups is 1. The normalized spacial score (nSPS) is 18.3. The Labute approximate surface area is 472 Å². The average molecular weight is 1200 g/mol. The van der Waals surface area contributed by atoms with Gasteiger partial charge in [0, 0.05) is 6.42 Å². The third kappa shape index (κ3) is 30.9. The predicted molar refractivity (Wildman–Crippen MR) is 291 cm³/mol. The number of alkyl carbamates (subject to hydrolysis) is 1. The van der Waals surface area contributed by atoms with E-state index in [4.69, 9.17) is 112 Å². The molecule has 2 aromatic rings. The van der Waals surface area contributed by atoms with Crippen LogP contribution in [0.4, 0.5) is 9.59 Å². The molecule has 3 rings (SSSR count). The number of aliphatic hydroxyl groups excluding tert-OH is 1. The number of ether oxygens (including phenoxy) is 6. The fourth-order valence-electron chi connectivity index (χ4n) is 8.01. The number of benzene rings is 2. The molecule has 0 aromatic heterocycles. The molecule has 0 saturated carbocycles. The van der Waals surface area contributed by atoms with Gasteiger partial charge in [0.1, 0.15) is 55.7 Å². The van der Waals surface area contributed by atoms with Crippen LogP contribution in [0.3, 0.4) is 0 Å². The third-order valence-corrected chi connectivity index (χ3v) is 13.8. The van der Waals surface area contributed by atoms with Gasteiger partial charge < -0.3 is 47.9 Å². The second-order valence-electron chi connectivity index (χ2n) is 18.4. The van der Waals surface area contributed by atoms with Crippen LogP contribution in [0.15, 0.2) is 60.7 Å². The summed E-state index contributed by atoms with van der Waals surface area (Å²) in [5.41, 5.74) is 0. The van der Waals surface area contributed by atoms with Crippen LogP contribution < -0.4 is 14.4 Å². The van der Waals surface area contributed by atoms with Crippen molar-refractivity contribution in [1.29, 1.82) is 0 Å². The Morgan fingerprint density at radius 2 is 1.09 bits per heavy atom. The van der Waals surface area contributed by atoms with Crippen LogP contribution in [-0.2, 0) is 47.1 Å². The van der Waals surface area contributed by atoms with Crippen molar-refractivity contribution in [2.24, 2.45) is 0 Å². The van der Waals surface area contributed by atoms with Crippen LogP contribution in [0.25, 0.3) is 0 Å². The molecule has 23 heteroatoms. The van der Waals surface area contributed by atoms with Crippen molar-refractivity contribution in [2.45, 2.75) is 206 Å². The standard InChI is InChI=1S/C52H76Cl6NO15P/c1-3-5-7-9-11-13-14-16-18-20-28-34-43(60)69-41(33-23-19-17-15-12-10-8-6-4-2)35-44(61)71-47-45(59-49(63)67-37-51(53,54)55)48(62)70-42(36-66-50(64)68-38-52(56,57)58)46(47)74-75(65,72-39-29-24-21-25-30-39)73-40-31-26-22-27-32-40/h21-22,24-27,29-32,41-42,45-48,62H,3-20,23,28,33-38H2,1-2H3,(H,59,63)/t41-,42-,45+,46-,47-,48+/m1/s1. The van der Waals surface area contributed by atoms with Crippen molar-refractivity contribution < 1.29 is 70.8 Å². The Morgan fingerprint density at radius 3 is 1.59 bits per heavy atom. The van der Waals surface area contributed by atoms with E-state index in [1.165, 1.54) is 75.6 Å². The summed E-state index contributed by atoms with van der Waals surface area (Å²) in [6.07, 6.45) is 10.1. The molecule has 2 aromatic carbocycles. The summed E-state index contributed by atoms with van der Waals surface area (Å²) in [6.45, 7) is 2.01. The summed E-state index contributed by atoms with van der Waals surface area (Å²) in [4.78, 5) is 53.9. The molecule has 1 amide bonds. The minimum Gasteiger partial charge on any atom is -0.462 e. The van der Waals surface area contributed by atoms with Crippen LogP contribution in [0.2, 0.25) is 0 Å². The van der Waals surface area contributed by atoms with E-state index < -0.39 is 103 Å². The van der Waals surface area contributed by atoms with Gasteiger partial charge in [-0.2, -0.15) is 0 Å². The van der Waals surface area contributed by atoms with E-state index in [2.05, 4.69) is 19.2 Å². The first-order chi connectivity index (χ1) is 35.8. The second-order valence-corrected chi connectivity index (χ2v) is 24.9. The van der Waals surface area contributed by atoms with Gasteiger partial charge in [-0.15, -0.1) is 0 Å². The Bertz CT molecular complexity index is 1910. The molecule has 426 valence electrons. The van der Waals surface area contributed by atoms with Crippen LogP contribution in [0.5, 0.6) is 11.5 Å². The van der Waals surface area contributed by atoms with Crippen molar-refractivity contribution >= 4 is 102 Å². The number of halogens is 6. The Hall–Kier alpha value is -2.63. The van der Waals surface area contributed by atoms with Crippen molar-refractivity contribution in [3.05, 3.63) is 60.7 Å². The number of para-hydroxylation sites is 2. The molecule has 2 N–H and O–H groups in total. The summed E-state index contributed by atoms with van der Waals surface area (Å²) < 4.78 is 62.0. The number of phosphoric ester groups is 1. The highest BCUT2D eigenvalue weighted by Gasteiger charge is 2.54. The van der Waals surface area contributed by atoms with Gasteiger partial charge in [-0.1, -0.05) is 235 Å². The maximum Gasteiger partial charge on any atom is 0.588 e. The lowest BCUT2D eigenvalue weighted by molar-refractivity contribution is -0.255. The minimum absolute atomic E-state index is 0.00410. The van der Waals surface area contributed by atoms with Crippen LogP contribution in [0, 0.1) is 0 Å². The van der Waals surface area contributed by atoms with E-state index in [9.17, 15) is 24.3 Å². The maximum absolute atomic E-state index is 15.0. The Kier molecular flexibility index (Phi) is 33.1. The van der Waals surface area contributed by atoms with Gasteiger partial charge in [0.05, 0.1) is 6.42 Å². The van der Waals surface area contributed by atoms with E-state index in [0.29, 0.717) is 19.3 Å². The van der Waals surface area contributed by atoms with Gasteiger partial charge in [-0.3, -0.25) is 14.1 Å². The lowest BCUT2D eigenvalue weighted by Crippen LogP contribution is -2.66. The average Bonchev–Trinajstić information content (AvgIpc) is 3.35. The predicted octanol–water partition coefficient (Wildman–Crippen LogP) is 15.2. The summed E-state index contributed by atoms with van der Waals surface area (Å²) in [7, 11) is -5.00. The molecule has 75 heavy (non-hydrogen) atoms. The lowest BCUT2D eigenvalue weighted by atomic mass is 9.96. The Balaban J connectivity index is 1.96.